The maximum absolute atomic E-state index is 12.9. The summed E-state index contributed by atoms with van der Waals surface area (Å²) in [5.41, 5.74) is 0. The van der Waals surface area contributed by atoms with Gasteiger partial charge in [-0.3, -0.25) is 4.79 Å². The normalized spacial score (nSPS) is 33.9. The molecular weight excluding hydrogens is 268 g/mol. The lowest BCUT2D eigenvalue weighted by Crippen LogP contribution is -2.57. The SMILES string of the molecule is CC1CC(C)C(C)N(C(=O)N2CCCCC2CC(=O)O)C1. The molecule has 0 bridgehead atoms. The summed E-state index contributed by atoms with van der Waals surface area (Å²) in [6.45, 7) is 7.99. The van der Waals surface area contributed by atoms with Crippen molar-refractivity contribution in [2.45, 2.75) is 65.0 Å². The van der Waals surface area contributed by atoms with Crippen molar-refractivity contribution in [3.05, 3.63) is 0 Å². The van der Waals surface area contributed by atoms with Crippen LogP contribution in [-0.4, -0.2) is 52.1 Å². The molecule has 2 saturated heterocycles. The summed E-state index contributed by atoms with van der Waals surface area (Å²) in [5.74, 6) is 0.205. The third-order valence-electron chi connectivity index (χ3n) is 5.13. The number of carboxylic acids is 1. The van der Waals surface area contributed by atoms with E-state index >= 15 is 0 Å². The fraction of sp³-hybridized carbons (Fsp3) is 0.875. The molecule has 2 fully saturated rings. The molecule has 2 aliphatic heterocycles. The van der Waals surface area contributed by atoms with Crippen LogP contribution in [0.3, 0.4) is 0 Å². The van der Waals surface area contributed by atoms with E-state index in [0.29, 0.717) is 18.4 Å². The van der Waals surface area contributed by atoms with Crippen LogP contribution in [0.5, 0.6) is 0 Å². The first-order valence-corrected chi connectivity index (χ1v) is 8.19. The van der Waals surface area contributed by atoms with Crippen LogP contribution < -0.4 is 0 Å². The fourth-order valence-electron chi connectivity index (χ4n) is 3.80. The van der Waals surface area contributed by atoms with E-state index in [1.807, 2.05) is 9.80 Å². The third-order valence-corrected chi connectivity index (χ3v) is 5.13. The van der Waals surface area contributed by atoms with Gasteiger partial charge in [-0.1, -0.05) is 13.8 Å². The van der Waals surface area contributed by atoms with Crippen molar-refractivity contribution < 1.29 is 14.7 Å². The number of likely N-dealkylation sites (tertiary alicyclic amines) is 2. The lowest BCUT2D eigenvalue weighted by molar-refractivity contribution is -0.138. The summed E-state index contributed by atoms with van der Waals surface area (Å²) >= 11 is 0. The quantitative estimate of drug-likeness (QED) is 0.852. The van der Waals surface area contributed by atoms with Crippen LogP contribution in [0, 0.1) is 11.8 Å². The highest BCUT2D eigenvalue weighted by Crippen LogP contribution is 2.29. The van der Waals surface area contributed by atoms with Crippen molar-refractivity contribution in [1.82, 2.24) is 9.80 Å². The van der Waals surface area contributed by atoms with Gasteiger partial charge in [0, 0.05) is 25.2 Å². The standard InChI is InChI=1S/C16H28N2O3/c1-11-8-12(2)13(3)18(10-11)16(21)17-7-5-4-6-14(17)9-15(19)20/h11-14H,4-10H2,1-3H3,(H,19,20). The Hall–Kier alpha value is -1.26. The summed E-state index contributed by atoms with van der Waals surface area (Å²) < 4.78 is 0. The molecule has 0 aliphatic carbocycles. The van der Waals surface area contributed by atoms with E-state index < -0.39 is 5.97 Å². The van der Waals surface area contributed by atoms with E-state index in [9.17, 15) is 9.59 Å². The van der Waals surface area contributed by atoms with Crippen LogP contribution in [0.1, 0.15) is 52.9 Å². The van der Waals surface area contributed by atoms with Gasteiger partial charge in [-0.2, -0.15) is 0 Å². The highest BCUT2D eigenvalue weighted by Gasteiger charge is 2.37. The number of amides is 2. The van der Waals surface area contributed by atoms with Crippen molar-refractivity contribution in [1.29, 1.82) is 0 Å². The molecule has 5 nitrogen and oxygen atoms in total. The highest BCUT2D eigenvalue weighted by molar-refractivity contribution is 5.76. The van der Waals surface area contributed by atoms with E-state index in [-0.39, 0.29) is 24.5 Å². The van der Waals surface area contributed by atoms with Crippen LogP contribution >= 0.6 is 0 Å². The molecule has 0 aromatic carbocycles. The number of carboxylic acid groups (broad SMARTS) is 1. The topological polar surface area (TPSA) is 60.9 Å². The fourth-order valence-corrected chi connectivity index (χ4v) is 3.80. The van der Waals surface area contributed by atoms with E-state index in [4.69, 9.17) is 5.11 Å². The minimum Gasteiger partial charge on any atom is -0.481 e. The van der Waals surface area contributed by atoms with Crippen LogP contribution in [0.15, 0.2) is 0 Å². The smallest absolute Gasteiger partial charge is 0.320 e. The molecule has 2 amide bonds. The molecule has 0 aromatic heterocycles. The molecule has 120 valence electrons. The number of hydrogen-bond donors (Lipinski definition) is 1. The Morgan fingerprint density at radius 1 is 1.14 bits per heavy atom. The minimum absolute atomic E-state index is 0.0480. The number of rotatable bonds is 2. The van der Waals surface area contributed by atoms with E-state index in [1.165, 1.54) is 0 Å². The number of carbonyl (C=O) groups excluding carboxylic acids is 1. The summed E-state index contributed by atoms with van der Waals surface area (Å²) in [7, 11) is 0. The summed E-state index contributed by atoms with van der Waals surface area (Å²) in [5, 5.41) is 9.06. The summed E-state index contributed by atoms with van der Waals surface area (Å²) in [4.78, 5) is 27.7. The third kappa shape index (κ3) is 3.69. The van der Waals surface area contributed by atoms with Gasteiger partial charge in [0.2, 0.25) is 0 Å². The summed E-state index contributed by atoms with van der Waals surface area (Å²) in [6, 6.07) is 0.149. The van der Waals surface area contributed by atoms with Crippen molar-refractivity contribution in [2.24, 2.45) is 11.8 Å². The van der Waals surface area contributed by atoms with E-state index in [1.54, 1.807) is 0 Å². The largest absolute Gasteiger partial charge is 0.481 e. The molecule has 2 heterocycles. The Morgan fingerprint density at radius 2 is 1.86 bits per heavy atom. The van der Waals surface area contributed by atoms with Gasteiger partial charge in [-0.05, 0) is 44.4 Å². The molecule has 2 aliphatic rings. The van der Waals surface area contributed by atoms with Gasteiger partial charge in [0.1, 0.15) is 0 Å². The minimum atomic E-state index is -0.812. The number of hydrogen-bond acceptors (Lipinski definition) is 2. The Labute approximate surface area is 127 Å². The zero-order valence-electron chi connectivity index (χ0n) is 13.4. The molecule has 4 atom stereocenters. The van der Waals surface area contributed by atoms with Gasteiger partial charge in [0.25, 0.3) is 0 Å². The Balaban J connectivity index is 2.10. The van der Waals surface area contributed by atoms with Gasteiger partial charge in [-0.25, -0.2) is 4.79 Å². The van der Waals surface area contributed by atoms with Crippen LogP contribution in [0.4, 0.5) is 4.79 Å². The number of carbonyl (C=O) groups is 2. The predicted octanol–water partition coefficient (Wildman–Crippen LogP) is 2.80. The number of piperidine rings is 2. The number of urea groups is 1. The van der Waals surface area contributed by atoms with Crippen LogP contribution in [0.25, 0.3) is 0 Å². The van der Waals surface area contributed by atoms with Gasteiger partial charge in [0.05, 0.1) is 6.42 Å². The first kappa shape index (κ1) is 16.1. The van der Waals surface area contributed by atoms with E-state index in [0.717, 1.165) is 32.2 Å². The van der Waals surface area contributed by atoms with Crippen molar-refractivity contribution in [3.8, 4) is 0 Å². The molecule has 5 heteroatoms. The lowest BCUT2D eigenvalue weighted by atomic mass is 9.86. The molecule has 1 N–H and O–H groups in total. The first-order valence-electron chi connectivity index (χ1n) is 8.19. The number of nitrogens with zero attached hydrogens (tertiary/aromatic N) is 2. The lowest BCUT2D eigenvalue weighted by Gasteiger charge is -2.45. The van der Waals surface area contributed by atoms with Gasteiger partial charge >= 0.3 is 12.0 Å². The molecule has 4 unspecified atom stereocenters. The highest BCUT2D eigenvalue weighted by atomic mass is 16.4. The average molecular weight is 296 g/mol. The molecule has 0 aromatic rings. The Kier molecular flexibility index (Phi) is 5.12. The first-order chi connectivity index (χ1) is 9.90. The maximum Gasteiger partial charge on any atom is 0.320 e. The second kappa shape index (κ2) is 6.67. The van der Waals surface area contributed by atoms with Crippen molar-refractivity contribution in [2.75, 3.05) is 13.1 Å². The van der Waals surface area contributed by atoms with Gasteiger partial charge in [-0.15, -0.1) is 0 Å². The van der Waals surface area contributed by atoms with E-state index in [2.05, 4.69) is 20.8 Å². The molecular formula is C16H28N2O3. The predicted molar refractivity (Wildman–Crippen MR) is 81.1 cm³/mol. The zero-order chi connectivity index (χ0) is 15.6. The molecule has 0 spiro atoms. The molecule has 0 saturated carbocycles. The zero-order valence-corrected chi connectivity index (χ0v) is 13.4. The second-order valence-corrected chi connectivity index (χ2v) is 6.93. The number of aliphatic carboxylic acids is 1. The molecule has 2 rings (SSSR count). The van der Waals surface area contributed by atoms with Crippen molar-refractivity contribution in [3.63, 3.8) is 0 Å². The van der Waals surface area contributed by atoms with Crippen LogP contribution in [0.2, 0.25) is 0 Å². The Morgan fingerprint density at radius 3 is 2.52 bits per heavy atom. The second-order valence-electron chi connectivity index (χ2n) is 6.93. The van der Waals surface area contributed by atoms with Crippen LogP contribution in [-0.2, 0) is 4.79 Å². The Bertz CT molecular complexity index is 399. The van der Waals surface area contributed by atoms with Gasteiger partial charge in [0.15, 0.2) is 0 Å². The average Bonchev–Trinajstić information content (AvgIpc) is 2.42. The van der Waals surface area contributed by atoms with Crippen molar-refractivity contribution >= 4 is 12.0 Å². The maximum atomic E-state index is 12.9. The molecule has 0 radical (unpaired) electrons. The summed E-state index contributed by atoms with van der Waals surface area (Å²) in [6.07, 6.45) is 4.03. The monoisotopic (exact) mass is 296 g/mol. The molecule has 21 heavy (non-hydrogen) atoms. The van der Waals surface area contributed by atoms with Gasteiger partial charge < -0.3 is 14.9 Å².